The van der Waals surface area contributed by atoms with Gasteiger partial charge in [0, 0.05) is 7.05 Å². The van der Waals surface area contributed by atoms with Gasteiger partial charge in [-0.15, -0.1) is 0 Å². The van der Waals surface area contributed by atoms with E-state index >= 15 is 0 Å². The molecule has 5 nitrogen and oxygen atoms in total. The number of amides is 1. The first-order valence-corrected chi connectivity index (χ1v) is 7.49. The fraction of sp³-hybridized carbons (Fsp3) is 0.278. The maximum absolute atomic E-state index is 12.5. The molecule has 1 aliphatic heterocycles. The van der Waals surface area contributed by atoms with E-state index in [2.05, 4.69) is 0 Å². The summed E-state index contributed by atoms with van der Waals surface area (Å²) in [6.07, 6.45) is -0.245. The minimum atomic E-state index is -0.245. The van der Waals surface area contributed by atoms with Crippen LogP contribution in [0.1, 0.15) is 15.9 Å². The van der Waals surface area contributed by atoms with Crippen molar-refractivity contribution >= 4 is 5.91 Å². The summed E-state index contributed by atoms with van der Waals surface area (Å²) in [6, 6.07) is 12.6. The molecule has 120 valence electrons. The lowest BCUT2D eigenvalue weighted by Gasteiger charge is -2.29. The highest BCUT2D eigenvalue weighted by atomic mass is 16.6. The van der Waals surface area contributed by atoms with Crippen molar-refractivity contribution in [2.45, 2.75) is 13.0 Å². The number of carbonyl (C=O) groups is 1. The normalized spacial score (nSPS) is 16.0. The summed E-state index contributed by atoms with van der Waals surface area (Å²) < 4.78 is 11.5. The van der Waals surface area contributed by atoms with Crippen LogP contribution in [0.25, 0.3) is 0 Å². The number of ether oxygens (including phenoxy) is 2. The van der Waals surface area contributed by atoms with E-state index in [9.17, 15) is 9.90 Å². The predicted molar refractivity (Wildman–Crippen MR) is 86.2 cm³/mol. The minimum Gasteiger partial charge on any atom is -0.507 e. The van der Waals surface area contributed by atoms with E-state index in [1.54, 1.807) is 32.2 Å². The number of phenolic OH excluding ortho intramolecular Hbond substituents is 1. The van der Waals surface area contributed by atoms with Gasteiger partial charge in [0.2, 0.25) is 0 Å². The molecule has 0 unspecified atom stereocenters. The van der Waals surface area contributed by atoms with Crippen LogP contribution in [-0.2, 0) is 0 Å². The Kier molecular flexibility index (Phi) is 4.10. The average molecular weight is 313 g/mol. The molecule has 2 aromatic carbocycles. The lowest BCUT2D eigenvalue weighted by atomic mass is 10.1. The number of phenols is 1. The standard InChI is InChI=1S/C18H19NO4/c1-12-6-5-7-14(17(12)20)18(21)19(2)10-13-11-22-15-8-3-4-9-16(15)23-13/h3-9,13,20H,10-11H2,1-2H3/t13-/m0/s1. The van der Waals surface area contributed by atoms with Crippen LogP contribution >= 0.6 is 0 Å². The van der Waals surface area contributed by atoms with Crippen LogP contribution in [0.3, 0.4) is 0 Å². The van der Waals surface area contributed by atoms with Crippen molar-refractivity contribution in [1.29, 1.82) is 0 Å². The molecule has 2 aromatic rings. The number of benzene rings is 2. The lowest BCUT2D eigenvalue weighted by molar-refractivity contribution is 0.0519. The van der Waals surface area contributed by atoms with Gasteiger partial charge in [0.05, 0.1) is 12.1 Å². The third-order valence-corrected chi connectivity index (χ3v) is 3.86. The van der Waals surface area contributed by atoms with E-state index in [4.69, 9.17) is 9.47 Å². The highest BCUT2D eigenvalue weighted by Crippen LogP contribution is 2.31. The van der Waals surface area contributed by atoms with Crippen LogP contribution in [0.2, 0.25) is 0 Å². The third kappa shape index (κ3) is 3.08. The Bertz CT molecular complexity index is 729. The molecular weight excluding hydrogens is 294 g/mol. The van der Waals surface area contributed by atoms with Crippen molar-refractivity contribution in [1.82, 2.24) is 4.90 Å². The van der Waals surface area contributed by atoms with Crippen molar-refractivity contribution in [2.75, 3.05) is 20.2 Å². The van der Waals surface area contributed by atoms with Gasteiger partial charge in [0.25, 0.3) is 5.91 Å². The molecule has 0 saturated heterocycles. The third-order valence-electron chi connectivity index (χ3n) is 3.86. The Morgan fingerprint density at radius 2 is 1.96 bits per heavy atom. The van der Waals surface area contributed by atoms with Gasteiger partial charge in [0.15, 0.2) is 17.6 Å². The number of para-hydroxylation sites is 3. The SMILES string of the molecule is Cc1cccc(C(=O)N(C)C[C@H]2COc3ccccc3O2)c1O. The summed E-state index contributed by atoms with van der Waals surface area (Å²) in [5.74, 6) is 1.18. The molecule has 1 aliphatic rings. The largest absolute Gasteiger partial charge is 0.507 e. The van der Waals surface area contributed by atoms with Crippen molar-refractivity contribution in [3.8, 4) is 17.2 Å². The zero-order valence-electron chi connectivity index (χ0n) is 13.2. The first kappa shape index (κ1) is 15.2. The molecule has 1 amide bonds. The second-order valence-corrected chi connectivity index (χ2v) is 5.65. The van der Waals surface area contributed by atoms with Crippen LogP contribution in [0, 0.1) is 6.92 Å². The van der Waals surface area contributed by atoms with Gasteiger partial charge in [-0.3, -0.25) is 4.79 Å². The summed E-state index contributed by atoms with van der Waals surface area (Å²) in [5, 5.41) is 10.0. The zero-order chi connectivity index (χ0) is 16.4. The quantitative estimate of drug-likeness (QED) is 0.946. The number of carbonyl (C=O) groups excluding carboxylic acids is 1. The second kappa shape index (κ2) is 6.20. The molecule has 0 bridgehead atoms. The van der Waals surface area contributed by atoms with Gasteiger partial charge < -0.3 is 19.5 Å². The summed E-state index contributed by atoms with van der Waals surface area (Å²) >= 11 is 0. The number of aromatic hydroxyl groups is 1. The second-order valence-electron chi connectivity index (χ2n) is 5.65. The van der Waals surface area contributed by atoms with Crippen LogP contribution in [0.4, 0.5) is 0 Å². The molecule has 0 radical (unpaired) electrons. The number of aryl methyl sites for hydroxylation is 1. The van der Waals surface area contributed by atoms with E-state index < -0.39 is 0 Å². The van der Waals surface area contributed by atoms with Crippen molar-refractivity contribution in [3.63, 3.8) is 0 Å². The van der Waals surface area contributed by atoms with Gasteiger partial charge in [-0.1, -0.05) is 24.3 Å². The maximum atomic E-state index is 12.5. The molecule has 5 heteroatoms. The van der Waals surface area contributed by atoms with E-state index in [0.717, 1.165) is 0 Å². The topological polar surface area (TPSA) is 59.0 Å². The Morgan fingerprint density at radius 3 is 2.74 bits per heavy atom. The first-order valence-electron chi connectivity index (χ1n) is 7.49. The van der Waals surface area contributed by atoms with Gasteiger partial charge in [-0.25, -0.2) is 0 Å². The number of nitrogens with zero attached hydrogens (tertiary/aromatic N) is 1. The highest BCUT2D eigenvalue weighted by Gasteiger charge is 2.25. The Hall–Kier alpha value is -2.69. The molecule has 1 atom stereocenters. The number of likely N-dealkylation sites (N-methyl/N-ethyl adjacent to an activating group) is 1. The Balaban J connectivity index is 1.69. The monoisotopic (exact) mass is 313 g/mol. The molecule has 23 heavy (non-hydrogen) atoms. The molecule has 3 rings (SSSR count). The van der Waals surface area contributed by atoms with Crippen LogP contribution in [-0.4, -0.2) is 42.2 Å². The molecule has 0 aliphatic carbocycles. The van der Waals surface area contributed by atoms with Gasteiger partial charge in [0.1, 0.15) is 12.4 Å². The smallest absolute Gasteiger partial charge is 0.257 e. The average Bonchev–Trinajstić information content (AvgIpc) is 2.56. The Morgan fingerprint density at radius 1 is 1.22 bits per heavy atom. The van der Waals surface area contributed by atoms with Crippen LogP contribution in [0.15, 0.2) is 42.5 Å². The first-order chi connectivity index (χ1) is 11.1. The predicted octanol–water partition coefficient (Wildman–Crippen LogP) is 2.61. The van der Waals surface area contributed by atoms with Gasteiger partial charge in [-0.2, -0.15) is 0 Å². The molecule has 1 heterocycles. The van der Waals surface area contributed by atoms with E-state index in [1.807, 2.05) is 24.3 Å². The van der Waals surface area contributed by atoms with Crippen molar-refractivity contribution < 1.29 is 19.4 Å². The lowest BCUT2D eigenvalue weighted by Crippen LogP contribution is -2.41. The Labute approximate surface area is 135 Å². The van der Waals surface area contributed by atoms with Crippen molar-refractivity contribution in [3.05, 3.63) is 53.6 Å². The number of fused-ring (bicyclic) bond motifs is 1. The fourth-order valence-electron chi connectivity index (χ4n) is 2.58. The molecule has 0 saturated carbocycles. The molecular formula is C18H19NO4. The number of hydrogen-bond donors (Lipinski definition) is 1. The molecule has 0 aromatic heterocycles. The summed E-state index contributed by atoms with van der Waals surface area (Å²) in [5.41, 5.74) is 0.972. The summed E-state index contributed by atoms with van der Waals surface area (Å²) in [7, 11) is 1.69. The van der Waals surface area contributed by atoms with E-state index in [1.165, 1.54) is 4.90 Å². The van der Waals surface area contributed by atoms with E-state index in [-0.39, 0.29) is 17.8 Å². The zero-order valence-corrected chi connectivity index (χ0v) is 13.2. The number of hydrogen-bond acceptors (Lipinski definition) is 4. The van der Waals surface area contributed by atoms with Crippen LogP contribution < -0.4 is 9.47 Å². The molecule has 0 fully saturated rings. The maximum Gasteiger partial charge on any atom is 0.257 e. The summed E-state index contributed by atoms with van der Waals surface area (Å²) in [6.45, 7) is 2.52. The van der Waals surface area contributed by atoms with Crippen LogP contribution in [0.5, 0.6) is 17.2 Å². The van der Waals surface area contributed by atoms with Gasteiger partial charge >= 0.3 is 0 Å². The minimum absolute atomic E-state index is 0.0236. The molecule has 1 N–H and O–H groups in total. The van der Waals surface area contributed by atoms with Gasteiger partial charge in [-0.05, 0) is 30.7 Å². The van der Waals surface area contributed by atoms with Crippen molar-refractivity contribution in [2.24, 2.45) is 0 Å². The summed E-state index contributed by atoms with van der Waals surface area (Å²) in [4.78, 5) is 14.0. The molecule has 0 spiro atoms. The number of rotatable bonds is 3. The fourth-order valence-corrected chi connectivity index (χ4v) is 2.58. The highest BCUT2D eigenvalue weighted by molar-refractivity contribution is 5.97. The van der Waals surface area contributed by atoms with E-state index in [0.29, 0.717) is 35.8 Å².